The van der Waals surface area contributed by atoms with Crippen molar-refractivity contribution in [1.82, 2.24) is 0 Å². The van der Waals surface area contributed by atoms with Crippen LogP contribution < -0.4 is 9.64 Å². The van der Waals surface area contributed by atoms with Gasteiger partial charge < -0.3 is 4.74 Å². The van der Waals surface area contributed by atoms with E-state index in [2.05, 4.69) is 12.2 Å². The van der Waals surface area contributed by atoms with Crippen LogP contribution in [0.1, 0.15) is 16.8 Å². The number of ether oxygens (including phenoxy) is 1. The molecule has 2 aromatic rings. The molecule has 1 aliphatic heterocycles. The number of anilines is 1. The standard InChI is InChI=1S/C24H19NO4/c26-22-20-16-9-10-17(19-12-18(16)19)21(20)23(27)25(22)14-7-4-8-15(11-14)29-24(28)13-5-2-1-3-6-13/h1-11,16-21H,12H2/t16-,17+,18-,19-,20+,21+/m1/s1. The Morgan fingerprint density at radius 1 is 0.862 bits per heavy atom. The molecule has 2 bridgehead atoms. The normalized spacial score (nSPS) is 33.4. The minimum absolute atomic E-state index is 0.115. The van der Waals surface area contributed by atoms with Gasteiger partial charge in [-0.2, -0.15) is 0 Å². The summed E-state index contributed by atoms with van der Waals surface area (Å²) in [6.45, 7) is 0. The first kappa shape index (κ1) is 16.7. The van der Waals surface area contributed by atoms with E-state index in [0.717, 1.165) is 6.42 Å². The molecule has 1 saturated heterocycles. The van der Waals surface area contributed by atoms with Crippen molar-refractivity contribution in [3.8, 4) is 5.75 Å². The smallest absolute Gasteiger partial charge is 0.343 e. The first-order valence-corrected chi connectivity index (χ1v) is 10.1. The number of imide groups is 1. The van der Waals surface area contributed by atoms with Crippen LogP contribution in [0.15, 0.2) is 66.7 Å². The number of amides is 2. The van der Waals surface area contributed by atoms with Crippen molar-refractivity contribution in [2.75, 3.05) is 4.90 Å². The van der Waals surface area contributed by atoms with Crippen LogP contribution in [0.3, 0.4) is 0 Å². The number of hydrogen-bond donors (Lipinski definition) is 0. The fraction of sp³-hybridized carbons (Fsp3) is 0.292. The third kappa shape index (κ3) is 2.36. The molecule has 1 heterocycles. The Hall–Kier alpha value is -3.21. The van der Waals surface area contributed by atoms with Crippen LogP contribution in [0, 0.1) is 35.5 Å². The Bertz CT molecular complexity index is 1040. The molecule has 5 heteroatoms. The van der Waals surface area contributed by atoms with Crippen molar-refractivity contribution in [3.05, 3.63) is 72.3 Å². The Morgan fingerprint density at radius 2 is 1.52 bits per heavy atom. The second-order valence-corrected chi connectivity index (χ2v) is 8.42. The van der Waals surface area contributed by atoms with Crippen LogP contribution in [0.4, 0.5) is 5.69 Å². The summed E-state index contributed by atoms with van der Waals surface area (Å²) in [7, 11) is 0. The monoisotopic (exact) mass is 385 g/mol. The quantitative estimate of drug-likeness (QED) is 0.351. The highest BCUT2D eigenvalue weighted by Crippen LogP contribution is 2.65. The molecule has 0 N–H and O–H groups in total. The van der Waals surface area contributed by atoms with Crippen LogP contribution in [-0.4, -0.2) is 17.8 Å². The Labute approximate surface area is 168 Å². The maximum Gasteiger partial charge on any atom is 0.343 e. The summed E-state index contributed by atoms with van der Waals surface area (Å²) in [6.07, 6.45) is 5.46. The van der Waals surface area contributed by atoms with Gasteiger partial charge in [0.1, 0.15) is 5.75 Å². The second kappa shape index (κ2) is 5.89. The predicted octanol–water partition coefficient (Wildman–Crippen LogP) is 3.46. The van der Waals surface area contributed by atoms with Crippen molar-refractivity contribution in [3.63, 3.8) is 0 Å². The lowest BCUT2D eigenvalue weighted by molar-refractivity contribution is -0.124. The van der Waals surface area contributed by atoms with E-state index in [1.54, 1.807) is 48.5 Å². The average Bonchev–Trinajstić information content (AvgIpc) is 3.52. The predicted molar refractivity (Wildman–Crippen MR) is 105 cm³/mol. The molecule has 0 radical (unpaired) electrons. The molecule has 2 saturated carbocycles. The molecule has 5 aliphatic rings. The van der Waals surface area contributed by atoms with Crippen LogP contribution in [0.25, 0.3) is 0 Å². The van der Waals surface area contributed by atoms with Gasteiger partial charge in [0.25, 0.3) is 0 Å². The molecule has 2 aromatic carbocycles. The molecule has 0 spiro atoms. The van der Waals surface area contributed by atoms with Gasteiger partial charge in [-0.1, -0.05) is 36.4 Å². The highest BCUT2D eigenvalue weighted by molar-refractivity contribution is 6.22. The summed E-state index contributed by atoms with van der Waals surface area (Å²) in [5, 5.41) is 0. The van der Waals surface area contributed by atoms with Crippen LogP contribution in [-0.2, 0) is 9.59 Å². The molecule has 7 rings (SSSR count). The van der Waals surface area contributed by atoms with E-state index in [1.165, 1.54) is 4.90 Å². The summed E-state index contributed by atoms with van der Waals surface area (Å²) in [5.74, 6) is 0.655. The van der Waals surface area contributed by atoms with Gasteiger partial charge in [0.05, 0.1) is 23.1 Å². The van der Waals surface area contributed by atoms with Gasteiger partial charge in [0.2, 0.25) is 11.8 Å². The number of nitrogens with zero attached hydrogens (tertiary/aromatic N) is 1. The molecular weight excluding hydrogens is 366 g/mol. The zero-order chi connectivity index (χ0) is 19.7. The highest BCUT2D eigenvalue weighted by atomic mass is 16.5. The van der Waals surface area contributed by atoms with Gasteiger partial charge in [-0.25, -0.2) is 9.69 Å². The molecule has 2 amide bonds. The zero-order valence-electron chi connectivity index (χ0n) is 15.6. The van der Waals surface area contributed by atoms with E-state index in [9.17, 15) is 14.4 Å². The summed E-state index contributed by atoms with van der Waals surface area (Å²) < 4.78 is 5.47. The third-order valence-corrected chi connectivity index (χ3v) is 6.96. The first-order chi connectivity index (χ1) is 14.1. The van der Waals surface area contributed by atoms with E-state index in [-0.39, 0.29) is 35.5 Å². The fourth-order valence-electron chi connectivity index (χ4n) is 5.64. The van der Waals surface area contributed by atoms with Gasteiger partial charge in [0, 0.05) is 6.07 Å². The highest BCUT2D eigenvalue weighted by Gasteiger charge is 2.67. The van der Waals surface area contributed by atoms with Crippen LogP contribution in [0.5, 0.6) is 5.75 Å². The van der Waals surface area contributed by atoms with E-state index in [0.29, 0.717) is 28.8 Å². The van der Waals surface area contributed by atoms with Crippen molar-refractivity contribution in [2.24, 2.45) is 35.5 Å². The van der Waals surface area contributed by atoms with E-state index in [4.69, 9.17) is 4.74 Å². The first-order valence-electron chi connectivity index (χ1n) is 10.1. The Kier molecular flexibility index (Phi) is 3.40. The number of esters is 1. The van der Waals surface area contributed by atoms with Crippen molar-refractivity contribution >= 4 is 23.5 Å². The maximum atomic E-state index is 13.2. The summed E-state index contributed by atoms with van der Waals surface area (Å²) in [5.41, 5.74) is 0.917. The Balaban J connectivity index is 1.29. The largest absolute Gasteiger partial charge is 0.423 e. The van der Waals surface area contributed by atoms with Gasteiger partial charge in [0.15, 0.2) is 0 Å². The number of hydrogen-bond acceptors (Lipinski definition) is 4. The van der Waals surface area contributed by atoms with Gasteiger partial charge >= 0.3 is 5.97 Å². The molecule has 0 aromatic heterocycles. The van der Waals surface area contributed by atoms with Crippen molar-refractivity contribution < 1.29 is 19.1 Å². The molecule has 6 atom stereocenters. The topological polar surface area (TPSA) is 63.7 Å². The lowest BCUT2D eigenvalue weighted by Crippen LogP contribution is -2.40. The number of allylic oxidation sites excluding steroid dienone is 2. The molecule has 29 heavy (non-hydrogen) atoms. The molecule has 5 nitrogen and oxygen atoms in total. The molecule has 4 aliphatic carbocycles. The minimum Gasteiger partial charge on any atom is -0.423 e. The fourth-order valence-corrected chi connectivity index (χ4v) is 5.64. The maximum absolute atomic E-state index is 13.2. The molecular formula is C24H19NO4. The SMILES string of the molecule is O=C(Oc1cccc(N2C(=O)[C@H]3[C@@H]4C=C[C@@H]([C@H]5C[C@H]45)[C@@H]3C2=O)c1)c1ccccc1. The van der Waals surface area contributed by atoms with Crippen LogP contribution >= 0.6 is 0 Å². The van der Waals surface area contributed by atoms with Crippen molar-refractivity contribution in [1.29, 1.82) is 0 Å². The average molecular weight is 385 g/mol. The van der Waals surface area contributed by atoms with Gasteiger partial charge in [-0.05, 0) is 54.4 Å². The number of carbonyl (C=O) groups is 3. The summed E-state index contributed by atoms with van der Waals surface area (Å²) >= 11 is 0. The zero-order valence-corrected chi connectivity index (χ0v) is 15.6. The molecule has 144 valence electrons. The third-order valence-electron chi connectivity index (χ3n) is 6.96. The number of carbonyl (C=O) groups excluding carboxylic acids is 3. The number of benzene rings is 2. The lowest BCUT2D eigenvalue weighted by atomic mass is 9.63. The Morgan fingerprint density at radius 3 is 2.17 bits per heavy atom. The molecule has 3 fully saturated rings. The lowest BCUT2D eigenvalue weighted by Gasteiger charge is -2.37. The van der Waals surface area contributed by atoms with Crippen molar-refractivity contribution in [2.45, 2.75) is 6.42 Å². The number of rotatable bonds is 3. The van der Waals surface area contributed by atoms with Crippen LogP contribution in [0.2, 0.25) is 0 Å². The van der Waals surface area contributed by atoms with E-state index >= 15 is 0 Å². The van der Waals surface area contributed by atoms with Gasteiger partial charge in [-0.3, -0.25) is 9.59 Å². The minimum atomic E-state index is -0.474. The summed E-state index contributed by atoms with van der Waals surface area (Å²) in [6, 6.07) is 15.4. The van der Waals surface area contributed by atoms with E-state index < -0.39 is 5.97 Å². The second-order valence-electron chi connectivity index (χ2n) is 8.42. The molecule has 0 unspecified atom stereocenters. The van der Waals surface area contributed by atoms with E-state index in [1.807, 2.05) is 6.07 Å². The van der Waals surface area contributed by atoms with Gasteiger partial charge in [-0.15, -0.1) is 0 Å². The summed E-state index contributed by atoms with van der Waals surface area (Å²) in [4.78, 5) is 40.1.